The molecule has 31 heavy (non-hydrogen) atoms. The van der Waals surface area contributed by atoms with Crippen molar-refractivity contribution in [3.63, 3.8) is 0 Å². The molecule has 0 aliphatic carbocycles. The predicted octanol–water partition coefficient (Wildman–Crippen LogP) is 5.20. The summed E-state index contributed by atoms with van der Waals surface area (Å²) in [6.07, 6.45) is 0.875. The number of ketones is 1. The molecule has 4 aromatic rings. The SMILES string of the molecule is CCc1ccc(C(=O)CSc2nc3ccccc3c(=O)n2-c2ccc(F)cc2F)cc1. The fraction of sp³-hybridized carbons (Fsp3) is 0.125. The molecule has 3 aromatic carbocycles. The molecule has 4 rings (SSSR count). The number of benzene rings is 3. The number of carbonyl (C=O) groups excluding carboxylic acids is 1. The lowest BCUT2D eigenvalue weighted by Crippen LogP contribution is -2.23. The molecular formula is C24H18F2N2O2S. The van der Waals surface area contributed by atoms with Crippen molar-refractivity contribution in [2.75, 3.05) is 5.75 Å². The Morgan fingerprint density at radius 3 is 2.48 bits per heavy atom. The van der Waals surface area contributed by atoms with Gasteiger partial charge in [0.05, 0.1) is 22.3 Å². The Morgan fingerprint density at radius 1 is 1.03 bits per heavy atom. The maximum Gasteiger partial charge on any atom is 0.266 e. The molecule has 0 N–H and O–H groups in total. The molecule has 0 atom stereocenters. The molecular weight excluding hydrogens is 418 g/mol. The number of para-hydroxylation sites is 1. The van der Waals surface area contributed by atoms with Crippen molar-refractivity contribution < 1.29 is 13.6 Å². The Bertz CT molecular complexity index is 1330. The maximum atomic E-state index is 14.5. The van der Waals surface area contributed by atoms with E-state index in [1.807, 2.05) is 19.1 Å². The average molecular weight is 436 g/mol. The first-order chi connectivity index (χ1) is 15.0. The molecule has 4 nitrogen and oxygen atoms in total. The summed E-state index contributed by atoms with van der Waals surface area (Å²) in [4.78, 5) is 30.3. The number of carbonyl (C=O) groups is 1. The zero-order valence-electron chi connectivity index (χ0n) is 16.6. The smallest absolute Gasteiger partial charge is 0.266 e. The largest absolute Gasteiger partial charge is 0.293 e. The van der Waals surface area contributed by atoms with E-state index in [1.165, 1.54) is 6.07 Å². The minimum atomic E-state index is -0.887. The Morgan fingerprint density at radius 2 is 1.77 bits per heavy atom. The topological polar surface area (TPSA) is 52.0 Å². The fourth-order valence-corrected chi connectivity index (χ4v) is 4.12. The van der Waals surface area contributed by atoms with E-state index in [9.17, 15) is 18.4 Å². The third-order valence-corrected chi connectivity index (χ3v) is 5.85. The van der Waals surface area contributed by atoms with Crippen molar-refractivity contribution >= 4 is 28.4 Å². The lowest BCUT2D eigenvalue weighted by atomic mass is 10.1. The standard InChI is InChI=1S/C24H18F2N2O2S/c1-2-15-7-9-16(10-8-15)22(29)14-31-24-27-20-6-4-3-5-18(20)23(30)28(24)21-12-11-17(25)13-19(21)26/h3-13H,2,14H2,1H3. The number of hydrogen-bond acceptors (Lipinski definition) is 4. The number of thioether (sulfide) groups is 1. The minimum Gasteiger partial charge on any atom is -0.293 e. The van der Waals surface area contributed by atoms with Gasteiger partial charge in [-0.3, -0.25) is 14.2 Å². The van der Waals surface area contributed by atoms with Crippen LogP contribution in [0.4, 0.5) is 8.78 Å². The molecule has 0 aliphatic rings. The Hall–Kier alpha value is -3.32. The summed E-state index contributed by atoms with van der Waals surface area (Å²) in [6, 6.07) is 17.0. The summed E-state index contributed by atoms with van der Waals surface area (Å²) >= 11 is 1.04. The third-order valence-electron chi connectivity index (χ3n) is 4.91. The number of halogens is 2. The van der Waals surface area contributed by atoms with E-state index in [2.05, 4.69) is 4.98 Å². The Kier molecular flexibility index (Phi) is 5.95. The van der Waals surface area contributed by atoms with Crippen LogP contribution < -0.4 is 5.56 Å². The highest BCUT2D eigenvalue weighted by Gasteiger charge is 2.18. The van der Waals surface area contributed by atoms with Crippen LogP contribution in [0.3, 0.4) is 0 Å². The fourth-order valence-electron chi connectivity index (χ4n) is 3.22. The monoisotopic (exact) mass is 436 g/mol. The van der Waals surface area contributed by atoms with Gasteiger partial charge in [-0.15, -0.1) is 0 Å². The molecule has 156 valence electrons. The van der Waals surface area contributed by atoms with Gasteiger partial charge in [0.1, 0.15) is 11.6 Å². The van der Waals surface area contributed by atoms with Crippen LogP contribution in [0.5, 0.6) is 0 Å². The second kappa shape index (κ2) is 8.81. The molecule has 0 amide bonds. The summed E-state index contributed by atoms with van der Waals surface area (Å²) in [7, 11) is 0. The zero-order valence-corrected chi connectivity index (χ0v) is 17.5. The van der Waals surface area contributed by atoms with Gasteiger partial charge in [-0.2, -0.15) is 0 Å². The lowest BCUT2D eigenvalue weighted by molar-refractivity contribution is 0.102. The first-order valence-corrected chi connectivity index (χ1v) is 10.7. The first-order valence-electron chi connectivity index (χ1n) is 9.70. The van der Waals surface area contributed by atoms with E-state index < -0.39 is 17.2 Å². The van der Waals surface area contributed by atoms with E-state index >= 15 is 0 Å². The van der Waals surface area contributed by atoms with Gasteiger partial charge in [-0.1, -0.05) is 55.1 Å². The van der Waals surface area contributed by atoms with Crippen molar-refractivity contribution in [2.45, 2.75) is 18.5 Å². The first kappa shape index (κ1) is 20.9. The van der Waals surface area contributed by atoms with Crippen LogP contribution in [-0.2, 0) is 6.42 Å². The summed E-state index contributed by atoms with van der Waals surface area (Å²) in [5.41, 5.74) is 1.51. The number of hydrogen-bond donors (Lipinski definition) is 0. The van der Waals surface area contributed by atoms with Gasteiger partial charge in [0.15, 0.2) is 10.9 Å². The second-order valence-electron chi connectivity index (χ2n) is 6.91. The van der Waals surface area contributed by atoms with Crippen molar-refractivity contribution in [3.8, 4) is 5.69 Å². The van der Waals surface area contributed by atoms with Gasteiger partial charge in [0.2, 0.25) is 0 Å². The van der Waals surface area contributed by atoms with E-state index in [1.54, 1.807) is 36.4 Å². The Labute approximate surface area is 181 Å². The highest BCUT2D eigenvalue weighted by atomic mass is 32.2. The average Bonchev–Trinajstić information content (AvgIpc) is 2.78. The molecule has 0 saturated heterocycles. The number of aromatic nitrogens is 2. The summed E-state index contributed by atoms with van der Waals surface area (Å²) in [5, 5.41) is 0.463. The van der Waals surface area contributed by atoms with E-state index in [4.69, 9.17) is 0 Å². The van der Waals surface area contributed by atoms with Crippen molar-refractivity contribution in [2.24, 2.45) is 0 Å². The minimum absolute atomic E-state index is 0.0130. The number of Topliss-reactive ketones (excluding diaryl/α,β-unsaturated/α-hetero) is 1. The summed E-state index contributed by atoms with van der Waals surface area (Å²) in [6.45, 7) is 2.03. The summed E-state index contributed by atoms with van der Waals surface area (Å²) < 4.78 is 29.0. The van der Waals surface area contributed by atoms with Crippen LogP contribution in [0.2, 0.25) is 0 Å². The molecule has 0 saturated carbocycles. The van der Waals surface area contributed by atoms with E-state index in [-0.39, 0.29) is 22.4 Å². The highest BCUT2D eigenvalue weighted by Crippen LogP contribution is 2.24. The normalized spacial score (nSPS) is 11.1. The van der Waals surface area contributed by atoms with E-state index in [0.717, 1.165) is 34.4 Å². The van der Waals surface area contributed by atoms with Crippen LogP contribution in [0.15, 0.2) is 76.7 Å². The van der Waals surface area contributed by atoms with Gasteiger partial charge < -0.3 is 0 Å². The maximum absolute atomic E-state index is 14.5. The van der Waals surface area contributed by atoms with Gasteiger partial charge in [0.25, 0.3) is 5.56 Å². The van der Waals surface area contributed by atoms with Crippen molar-refractivity contribution in [3.05, 3.63) is 99.8 Å². The molecule has 0 bridgehead atoms. The Balaban J connectivity index is 1.75. The predicted molar refractivity (Wildman–Crippen MR) is 118 cm³/mol. The molecule has 0 radical (unpaired) electrons. The molecule has 0 aliphatic heterocycles. The number of rotatable bonds is 6. The quantitative estimate of drug-likeness (QED) is 0.237. The molecule has 1 heterocycles. The van der Waals surface area contributed by atoms with Crippen molar-refractivity contribution in [1.29, 1.82) is 0 Å². The third kappa shape index (κ3) is 4.27. The zero-order chi connectivity index (χ0) is 22.0. The van der Waals surface area contributed by atoms with Crippen LogP contribution in [0.1, 0.15) is 22.8 Å². The van der Waals surface area contributed by atoms with Gasteiger partial charge in [-0.25, -0.2) is 13.8 Å². The number of aryl methyl sites for hydroxylation is 1. The molecule has 1 aromatic heterocycles. The second-order valence-corrected chi connectivity index (χ2v) is 7.85. The number of nitrogens with zero attached hydrogens (tertiary/aromatic N) is 2. The van der Waals surface area contributed by atoms with Crippen LogP contribution in [-0.4, -0.2) is 21.1 Å². The molecule has 7 heteroatoms. The number of fused-ring (bicyclic) bond motifs is 1. The van der Waals surface area contributed by atoms with Crippen LogP contribution in [0.25, 0.3) is 16.6 Å². The highest BCUT2D eigenvalue weighted by molar-refractivity contribution is 7.99. The molecule has 0 spiro atoms. The molecule has 0 fully saturated rings. The van der Waals surface area contributed by atoms with Gasteiger partial charge in [-0.05, 0) is 36.2 Å². The van der Waals surface area contributed by atoms with Crippen molar-refractivity contribution in [1.82, 2.24) is 9.55 Å². The lowest BCUT2D eigenvalue weighted by Gasteiger charge is -2.14. The van der Waals surface area contributed by atoms with Crippen LogP contribution in [0, 0.1) is 11.6 Å². The van der Waals surface area contributed by atoms with Crippen LogP contribution >= 0.6 is 11.8 Å². The van der Waals surface area contributed by atoms with Gasteiger partial charge in [0, 0.05) is 11.6 Å². The molecule has 0 unspecified atom stereocenters. The van der Waals surface area contributed by atoms with E-state index in [0.29, 0.717) is 22.5 Å². The van der Waals surface area contributed by atoms with Gasteiger partial charge >= 0.3 is 0 Å². The summed E-state index contributed by atoms with van der Waals surface area (Å²) in [5.74, 6) is -1.76.